The Kier molecular flexibility index (Phi) is 5.23. The van der Waals surface area contributed by atoms with Gasteiger partial charge in [0, 0.05) is 38.4 Å². The number of carbonyl (C=O) groups excluding carboxylic acids is 3. The summed E-state index contributed by atoms with van der Waals surface area (Å²) < 4.78 is 0. The van der Waals surface area contributed by atoms with Crippen LogP contribution in [-0.2, 0) is 14.4 Å². The number of hydrogen-bond donors (Lipinski definition) is 1. The zero-order valence-corrected chi connectivity index (χ0v) is 14.9. The first-order chi connectivity index (χ1) is 11.5. The molecule has 0 aliphatic carbocycles. The summed E-state index contributed by atoms with van der Waals surface area (Å²) in [5, 5.41) is 0. The van der Waals surface area contributed by atoms with Crippen LogP contribution in [0.25, 0.3) is 0 Å². The van der Waals surface area contributed by atoms with Crippen LogP contribution >= 0.6 is 0 Å². The lowest BCUT2D eigenvalue weighted by molar-refractivity contribution is -0.920. The summed E-state index contributed by atoms with van der Waals surface area (Å²) in [6, 6.07) is -0.218. The first-order valence-corrected chi connectivity index (χ1v) is 9.48. The number of likely N-dealkylation sites (tertiary alicyclic amines) is 3. The van der Waals surface area contributed by atoms with Crippen molar-refractivity contribution in [1.82, 2.24) is 9.80 Å². The summed E-state index contributed by atoms with van der Waals surface area (Å²) in [6.45, 7) is 8.00. The Balaban J connectivity index is 1.52. The molecule has 6 nitrogen and oxygen atoms in total. The van der Waals surface area contributed by atoms with E-state index in [1.165, 1.54) is 9.80 Å². The standard InChI is InChI=1S/C18H29N3O3/c1-3-21-16(22)12-15(18(21)24)19-10-6-14(7-11-19)17(23)20-8-4-13(2)5-9-20/h13-15H,3-12H2,1-2H3/p+1/t15-/m0/s1. The number of imide groups is 1. The lowest BCUT2D eigenvalue weighted by atomic mass is 9.92. The molecule has 0 aromatic rings. The Bertz CT molecular complexity index is 506. The van der Waals surface area contributed by atoms with Gasteiger partial charge in [0.2, 0.25) is 11.8 Å². The van der Waals surface area contributed by atoms with Gasteiger partial charge in [0.25, 0.3) is 5.91 Å². The number of amides is 3. The Morgan fingerprint density at radius 3 is 2.29 bits per heavy atom. The van der Waals surface area contributed by atoms with E-state index in [2.05, 4.69) is 6.92 Å². The van der Waals surface area contributed by atoms with E-state index in [-0.39, 0.29) is 23.8 Å². The van der Waals surface area contributed by atoms with Crippen molar-refractivity contribution in [1.29, 1.82) is 0 Å². The van der Waals surface area contributed by atoms with Gasteiger partial charge in [0.15, 0.2) is 6.04 Å². The maximum Gasteiger partial charge on any atom is 0.287 e. The van der Waals surface area contributed by atoms with Gasteiger partial charge in [-0.3, -0.25) is 19.3 Å². The molecule has 6 heteroatoms. The zero-order valence-electron chi connectivity index (χ0n) is 14.9. The van der Waals surface area contributed by atoms with Crippen molar-refractivity contribution in [2.24, 2.45) is 11.8 Å². The smallest absolute Gasteiger partial charge is 0.287 e. The van der Waals surface area contributed by atoms with Crippen molar-refractivity contribution in [2.45, 2.75) is 52.0 Å². The minimum Gasteiger partial charge on any atom is -0.342 e. The van der Waals surface area contributed by atoms with E-state index in [1.54, 1.807) is 0 Å². The highest BCUT2D eigenvalue weighted by molar-refractivity contribution is 6.04. The van der Waals surface area contributed by atoms with Crippen LogP contribution in [0.2, 0.25) is 0 Å². The molecule has 0 radical (unpaired) electrons. The van der Waals surface area contributed by atoms with Crippen LogP contribution in [0.4, 0.5) is 0 Å². The molecular weight excluding hydrogens is 306 g/mol. The molecular formula is C18H30N3O3+. The predicted molar refractivity (Wildman–Crippen MR) is 89.2 cm³/mol. The van der Waals surface area contributed by atoms with E-state index in [0.29, 0.717) is 18.9 Å². The SMILES string of the molecule is CCN1C(=O)C[C@H]([NH+]2CCC(C(=O)N3CCC(C)CC3)CC2)C1=O. The topological polar surface area (TPSA) is 62.1 Å². The fraction of sp³-hybridized carbons (Fsp3) is 0.833. The lowest BCUT2D eigenvalue weighted by Gasteiger charge is -2.36. The number of nitrogens with zero attached hydrogens (tertiary/aromatic N) is 2. The van der Waals surface area contributed by atoms with Gasteiger partial charge in [-0.25, -0.2) is 0 Å². The highest BCUT2D eigenvalue weighted by Crippen LogP contribution is 2.21. The van der Waals surface area contributed by atoms with Crippen molar-refractivity contribution in [3.8, 4) is 0 Å². The Morgan fingerprint density at radius 2 is 1.75 bits per heavy atom. The number of rotatable bonds is 3. The van der Waals surface area contributed by atoms with Crippen molar-refractivity contribution < 1.29 is 19.3 Å². The minimum atomic E-state index is -0.218. The van der Waals surface area contributed by atoms with Crippen LogP contribution in [0.3, 0.4) is 0 Å². The van der Waals surface area contributed by atoms with E-state index < -0.39 is 0 Å². The molecule has 3 aliphatic heterocycles. The van der Waals surface area contributed by atoms with Crippen molar-refractivity contribution in [3.05, 3.63) is 0 Å². The van der Waals surface area contributed by atoms with Gasteiger partial charge in [0.05, 0.1) is 19.5 Å². The van der Waals surface area contributed by atoms with Crippen LogP contribution < -0.4 is 4.90 Å². The Morgan fingerprint density at radius 1 is 1.12 bits per heavy atom. The third-order valence-corrected chi connectivity index (χ3v) is 6.13. The van der Waals surface area contributed by atoms with Gasteiger partial charge in [-0.2, -0.15) is 0 Å². The molecule has 0 unspecified atom stereocenters. The van der Waals surface area contributed by atoms with Gasteiger partial charge in [0.1, 0.15) is 0 Å². The number of nitrogens with one attached hydrogen (secondary N) is 1. The number of likely N-dealkylation sites (N-methyl/N-ethyl adjacent to an activating group) is 1. The predicted octanol–water partition coefficient (Wildman–Crippen LogP) is -0.313. The Labute approximate surface area is 144 Å². The molecule has 1 atom stereocenters. The van der Waals surface area contributed by atoms with Gasteiger partial charge in [-0.15, -0.1) is 0 Å². The maximum atomic E-state index is 12.7. The minimum absolute atomic E-state index is 0.0210. The van der Waals surface area contributed by atoms with Crippen molar-refractivity contribution >= 4 is 17.7 Å². The molecule has 3 aliphatic rings. The normalized spacial score (nSPS) is 32.5. The molecule has 24 heavy (non-hydrogen) atoms. The van der Waals surface area contributed by atoms with Crippen LogP contribution in [-0.4, -0.2) is 66.3 Å². The summed E-state index contributed by atoms with van der Waals surface area (Å²) in [5.74, 6) is 1.09. The molecule has 3 fully saturated rings. The van der Waals surface area contributed by atoms with Crippen LogP contribution in [0.5, 0.6) is 0 Å². The number of carbonyl (C=O) groups is 3. The zero-order chi connectivity index (χ0) is 17.3. The van der Waals surface area contributed by atoms with E-state index in [1.807, 2.05) is 11.8 Å². The van der Waals surface area contributed by atoms with Gasteiger partial charge < -0.3 is 9.80 Å². The second-order valence-corrected chi connectivity index (χ2v) is 7.67. The van der Waals surface area contributed by atoms with Crippen LogP contribution in [0.1, 0.15) is 46.0 Å². The molecule has 3 amide bonds. The van der Waals surface area contributed by atoms with Gasteiger partial charge >= 0.3 is 0 Å². The molecule has 0 saturated carbocycles. The first kappa shape index (κ1) is 17.4. The largest absolute Gasteiger partial charge is 0.342 e. The van der Waals surface area contributed by atoms with Crippen LogP contribution in [0.15, 0.2) is 0 Å². The summed E-state index contributed by atoms with van der Waals surface area (Å²) in [5.41, 5.74) is 0. The maximum absolute atomic E-state index is 12.7. The molecule has 0 aromatic heterocycles. The lowest BCUT2D eigenvalue weighted by Crippen LogP contribution is -3.17. The molecule has 134 valence electrons. The van der Waals surface area contributed by atoms with Crippen molar-refractivity contribution in [2.75, 3.05) is 32.7 Å². The third-order valence-electron chi connectivity index (χ3n) is 6.13. The number of piperidine rings is 2. The van der Waals surface area contributed by atoms with E-state index in [9.17, 15) is 14.4 Å². The average Bonchev–Trinajstić information content (AvgIpc) is 2.89. The monoisotopic (exact) mass is 336 g/mol. The van der Waals surface area contributed by atoms with E-state index in [0.717, 1.165) is 57.8 Å². The molecule has 3 rings (SSSR count). The third kappa shape index (κ3) is 3.34. The molecule has 3 heterocycles. The average molecular weight is 336 g/mol. The molecule has 0 bridgehead atoms. The second-order valence-electron chi connectivity index (χ2n) is 7.67. The van der Waals surface area contributed by atoms with Crippen molar-refractivity contribution in [3.63, 3.8) is 0 Å². The summed E-state index contributed by atoms with van der Waals surface area (Å²) >= 11 is 0. The first-order valence-electron chi connectivity index (χ1n) is 9.48. The fourth-order valence-electron chi connectivity index (χ4n) is 4.41. The summed E-state index contributed by atoms with van der Waals surface area (Å²) in [7, 11) is 0. The number of hydrogen-bond acceptors (Lipinski definition) is 3. The number of quaternary nitrogens is 1. The highest BCUT2D eigenvalue weighted by atomic mass is 16.2. The fourth-order valence-corrected chi connectivity index (χ4v) is 4.41. The van der Waals surface area contributed by atoms with Crippen LogP contribution in [0, 0.1) is 11.8 Å². The van der Waals surface area contributed by atoms with Gasteiger partial charge in [-0.1, -0.05) is 6.92 Å². The summed E-state index contributed by atoms with van der Waals surface area (Å²) in [6.07, 6.45) is 4.24. The second kappa shape index (κ2) is 7.21. The van der Waals surface area contributed by atoms with Gasteiger partial charge in [-0.05, 0) is 25.7 Å². The molecule has 0 aromatic carbocycles. The summed E-state index contributed by atoms with van der Waals surface area (Å²) in [4.78, 5) is 41.6. The quantitative estimate of drug-likeness (QED) is 0.719. The molecule has 1 N–H and O–H groups in total. The Hall–Kier alpha value is -1.43. The van der Waals surface area contributed by atoms with E-state index >= 15 is 0 Å². The molecule has 3 saturated heterocycles. The van der Waals surface area contributed by atoms with E-state index in [4.69, 9.17) is 0 Å². The molecule has 0 spiro atoms. The highest BCUT2D eigenvalue weighted by Gasteiger charge is 2.45.